The van der Waals surface area contributed by atoms with E-state index in [1.165, 1.54) is 11.0 Å². The van der Waals surface area contributed by atoms with E-state index in [1.807, 2.05) is 25.7 Å². The second-order valence-corrected chi connectivity index (χ2v) is 10.2. The van der Waals surface area contributed by atoms with E-state index in [2.05, 4.69) is 6.92 Å². The molecule has 0 aromatic heterocycles. The predicted molar refractivity (Wildman–Crippen MR) is 141 cm³/mol. The molecule has 1 heterocycles. The zero-order chi connectivity index (χ0) is 26.5. The molecule has 8 heteroatoms. The fourth-order valence-electron chi connectivity index (χ4n) is 4.06. The van der Waals surface area contributed by atoms with Crippen LogP contribution in [-0.2, 0) is 4.74 Å². The summed E-state index contributed by atoms with van der Waals surface area (Å²) in [6, 6.07) is 11.7. The summed E-state index contributed by atoms with van der Waals surface area (Å²) in [4.78, 5) is 30.3. The molecule has 1 atom stereocenters. The summed E-state index contributed by atoms with van der Waals surface area (Å²) < 4.78 is 26.2. The number of hydrogen-bond acceptors (Lipinski definition) is 5. The summed E-state index contributed by atoms with van der Waals surface area (Å²) in [6.45, 7) is 9.36. The molecule has 0 N–H and O–H groups in total. The van der Waals surface area contributed by atoms with Crippen molar-refractivity contribution in [3.05, 3.63) is 53.8 Å². The first-order valence-corrected chi connectivity index (χ1v) is 12.5. The number of amides is 2. The highest BCUT2D eigenvalue weighted by molar-refractivity contribution is 6.05. The van der Waals surface area contributed by atoms with Gasteiger partial charge in [0.25, 0.3) is 5.91 Å². The highest BCUT2D eigenvalue weighted by Gasteiger charge is 2.32. The minimum Gasteiger partial charge on any atom is -0.494 e. The molecule has 0 bridgehead atoms. The Bertz CT molecular complexity index is 1050. The maximum absolute atomic E-state index is 15.1. The number of carbonyl (C=O) groups excluding carboxylic acids is 2. The number of benzene rings is 2. The maximum Gasteiger partial charge on any atom is 0.410 e. The van der Waals surface area contributed by atoms with Crippen LogP contribution >= 0.6 is 0 Å². The van der Waals surface area contributed by atoms with Crippen molar-refractivity contribution in [3.8, 4) is 5.75 Å². The molecule has 196 valence electrons. The zero-order valence-electron chi connectivity index (χ0n) is 22.2. The van der Waals surface area contributed by atoms with Gasteiger partial charge in [0.15, 0.2) is 0 Å². The summed E-state index contributed by atoms with van der Waals surface area (Å²) in [5, 5.41) is 0. The monoisotopic (exact) mass is 499 g/mol. The van der Waals surface area contributed by atoms with Crippen molar-refractivity contribution >= 4 is 23.4 Å². The second kappa shape index (κ2) is 11.6. The second-order valence-electron chi connectivity index (χ2n) is 10.2. The van der Waals surface area contributed by atoms with Crippen molar-refractivity contribution in [2.75, 3.05) is 43.6 Å². The van der Waals surface area contributed by atoms with E-state index < -0.39 is 11.4 Å². The Morgan fingerprint density at radius 2 is 1.81 bits per heavy atom. The molecule has 2 aromatic carbocycles. The predicted octanol–water partition coefficient (Wildman–Crippen LogP) is 5.73. The van der Waals surface area contributed by atoms with Gasteiger partial charge in [0.2, 0.25) is 0 Å². The van der Waals surface area contributed by atoms with Crippen LogP contribution in [0.4, 0.5) is 20.6 Å². The lowest BCUT2D eigenvalue weighted by Crippen LogP contribution is -2.42. The molecule has 2 aromatic rings. The Kier molecular flexibility index (Phi) is 8.82. The third kappa shape index (κ3) is 6.89. The normalized spacial score (nSPS) is 15.5. The Labute approximate surface area is 213 Å². The standard InChI is InChI=1S/C28H38FN3O4/c1-7-8-17-35-23-12-9-20(10-13-23)26(33)30(5)21-11-14-25(24(29)18-21)32-16-15-22(19-32)31(6)27(34)36-28(2,3)4/h9-14,18,22H,7-8,15-17,19H2,1-6H3. The largest absolute Gasteiger partial charge is 0.494 e. The van der Waals surface area contributed by atoms with Crippen molar-refractivity contribution in [1.82, 2.24) is 4.90 Å². The summed E-state index contributed by atoms with van der Waals surface area (Å²) in [5.41, 5.74) is 0.844. The van der Waals surface area contributed by atoms with Gasteiger partial charge in [-0.05, 0) is 76.1 Å². The first kappa shape index (κ1) is 27.3. The number of likely N-dealkylation sites (N-methyl/N-ethyl adjacent to an activating group) is 1. The third-order valence-electron chi connectivity index (χ3n) is 6.22. The molecule has 2 amide bonds. The number of nitrogens with zero attached hydrogens (tertiary/aromatic N) is 3. The number of halogens is 1. The molecular weight excluding hydrogens is 461 g/mol. The van der Waals surface area contributed by atoms with Gasteiger partial charge >= 0.3 is 6.09 Å². The van der Waals surface area contributed by atoms with Crippen molar-refractivity contribution in [1.29, 1.82) is 0 Å². The highest BCUT2D eigenvalue weighted by atomic mass is 19.1. The van der Waals surface area contributed by atoms with E-state index >= 15 is 4.39 Å². The van der Waals surface area contributed by atoms with Crippen molar-refractivity contribution in [2.45, 2.75) is 58.6 Å². The Morgan fingerprint density at radius 1 is 1.11 bits per heavy atom. The molecule has 0 aliphatic carbocycles. The van der Waals surface area contributed by atoms with E-state index in [-0.39, 0.29) is 18.0 Å². The average molecular weight is 500 g/mol. The maximum atomic E-state index is 15.1. The summed E-state index contributed by atoms with van der Waals surface area (Å²) in [6.07, 6.45) is 2.36. The number of ether oxygens (including phenoxy) is 2. The van der Waals surface area contributed by atoms with Gasteiger partial charge < -0.3 is 24.2 Å². The molecule has 1 saturated heterocycles. The minimum atomic E-state index is -0.570. The van der Waals surface area contributed by atoms with Crippen LogP contribution < -0.4 is 14.5 Å². The van der Waals surface area contributed by atoms with Gasteiger partial charge in [-0.2, -0.15) is 0 Å². The molecule has 1 aliphatic heterocycles. The molecule has 7 nitrogen and oxygen atoms in total. The van der Waals surface area contributed by atoms with E-state index in [1.54, 1.807) is 55.4 Å². The van der Waals surface area contributed by atoms with Crippen LogP contribution in [0.15, 0.2) is 42.5 Å². The molecular formula is C28H38FN3O4. The van der Waals surface area contributed by atoms with Gasteiger partial charge in [-0.1, -0.05) is 13.3 Å². The van der Waals surface area contributed by atoms with Gasteiger partial charge in [-0.15, -0.1) is 0 Å². The van der Waals surface area contributed by atoms with Gasteiger partial charge in [-0.25, -0.2) is 9.18 Å². The molecule has 0 radical (unpaired) electrons. The molecule has 3 rings (SSSR count). The number of hydrogen-bond donors (Lipinski definition) is 0. The summed E-state index contributed by atoms with van der Waals surface area (Å²) >= 11 is 0. The van der Waals surface area contributed by atoms with Crippen LogP contribution in [0.2, 0.25) is 0 Å². The van der Waals surface area contributed by atoms with E-state index in [9.17, 15) is 9.59 Å². The molecule has 36 heavy (non-hydrogen) atoms. The SMILES string of the molecule is CCCCOc1ccc(C(=O)N(C)c2ccc(N3CCC(N(C)C(=O)OC(C)(C)C)C3)c(F)c2)cc1. The van der Waals surface area contributed by atoms with Crippen molar-refractivity contribution < 1.29 is 23.5 Å². The van der Waals surface area contributed by atoms with E-state index in [4.69, 9.17) is 9.47 Å². The van der Waals surface area contributed by atoms with E-state index in [0.29, 0.717) is 43.1 Å². The van der Waals surface area contributed by atoms with Crippen LogP contribution in [-0.4, -0.2) is 62.3 Å². The van der Waals surface area contributed by atoms with Gasteiger partial charge in [0, 0.05) is 38.4 Å². The Morgan fingerprint density at radius 3 is 2.42 bits per heavy atom. The van der Waals surface area contributed by atoms with Crippen LogP contribution in [0, 0.1) is 5.82 Å². The van der Waals surface area contributed by atoms with Crippen LogP contribution in [0.1, 0.15) is 57.3 Å². The molecule has 1 unspecified atom stereocenters. The van der Waals surface area contributed by atoms with Crippen LogP contribution in [0.25, 0.3) is 0 Å². The van der Waals surface area contributed by atoms with Crippen molar-refractivity contribution in [2.24, 2.45) is 0 Å². The summed E-state index contributed by atoms with van der Waals surface area (Å²) in [5.74, 6) is 0.0779. The number of anilines is 2. The van der Waals surface area contributed by atoms with E-state index in [0.717, 1.165) is 18.6 Å². The molecule has 0 spiro atoms. The zero-order valence-corrected chi connectivity index (χ0v) is 22.2. The van der Waals surface area contributed by atoms with Gasteiger partial charge in [0.1, 0.15) is 17.2 Å². The molecule has 1 aliphatic rings. The first-order chi connectivity index (χ1) is 17.0. The van der Waals surface area contributed by atoms with Crippen molar-refractivity contribution in [3.63, 3.8) is 0 Å². The number of unbranched alkanes of at least 4 members (excludes halogenated alkanes) is 1. The smallest absolute Gasteiger partial charge is 0.410 e. The lowest BCUT2D eigenvalue weighted by Gasteiger charge is -2.29. The third-order valence-corrected chi connectivity index (χ3v) is 6.22. The fourth-order valence-corrected chi connectivity index (χ4v) is 4.06. The molecule has 0 saturated carbocycles. The highest BCUT2D eigenvalue weighted by Crippen LogP contribution is 2.29. The quantitative estimate of drug-likeness (QED) is 0.434. The van der Waals surface area contributed by atoms with Gasteiger partial charge in [0.05, 0.1) is 18.3 Å². The number of carbonyl (C=O) groups is 2. The lowest BCUT2D eigenvalue weighted by atomic mass is 10.1. The Hall–Kier alpha value is -3.29. The number of rotatable bonds is 8. The average Bonchev–Trinajstić information content (AvgIpc) is 3.32. The first-order valence-electron chi connectivity index (χ1n) is 12.5. The van der Waals surface area contributed by atoms with Gasteiger partial charge in [-0.3, -0.25) is 4.79 Å². The van der Waals surface area contributed by atoms with Crippen LogP contribution in [0.3, 0.4) is 0 Å². The lowest BCUT2D eigenvalue weighted by molar-refractivity contribution is 0.0237. The minimum absolute atomic E-state index is 0.0721. The topological polar surface area (TPSA) is 62.3 Å². The molecule has 1 fully saturated rings. The fraction of sp³-hybridized carbons (Fsp3) is 0.500. The summed E-state index contributed by atoms with van der Waals surface area (Å²) in [7, 11) is 3.34. The Balaban J connectivity index is 1.63. The van der Waals surface area contributed by atoms with Crippen LogP contribution in [0.5, 0.6) is 5.75 Å².